The summed E-state index contributed by atoms with van der Waals surface area (Å²) in [5.74, 6) is 0.926. The van der Waals surface area contributed by atoms with Gasteiger partial charge in [0.2, 0.25) is 0 Å². The third kappa shape index (κ3) is 6.36. The van der Waals surface area contributed by atoms with Crippen LogP contribution in [0, 0.1) is 16.7 Å². The number of rotatable bonds is 9. The summed E-state index contributed by atoms with van der Waals surface area (Å²) in [6.07, 6.45) is 2.73. The van der Waals surface area contributed by atoms with E-state index < -0.39 is 16.9 Å². The maximum Gasteiger partial charge on any atom is 0.335 e. The molecule has 0 spiro atoms. The van der Waals surface area contributed by atoms with Crippen molar-refractivity contribution in [1.82, 2.24) is 24.4 Å². The molecular weight excluding hydrogens is 508 g/mol. The molecule has 0 radical (unpaired) electrons. The monoisotopic (exact) mass is 540 g/mol. The van der Waals surface area contributed by atoms with Gasteiger partial charge in [0, 0.05) is 24.0 Å². The molecule has 0 bridgehead atoms. The van der Waals surface area contributed by atoms with Gasteiger partial charge in [-0.3, -0.25) is 13.9 Å². The van der Waals surface area contributed by atoms with Crippen LogP contribution < -0.4 is 27.2 Å². The Morgan fingerprint density at radius 2 is 1.73 bits per heavy atom. The van der Waals surface area contributed by atoms with Crippen molar-refractivity contribution in [3.05, 3.63) is 83.1 Å². The van der Waals surface area contributed by atoms with Crippen molar-refractivity contribution < 1.29 is 9.53 Å². The Balaban J connectivity index is 1.63. The molecule has 5 N–H and O–H groups in total. The van der Waals surface area contributed by atoms with Crippen LogP contribution >= 0.6 is 0 Å². The van der Waals surface area contributed by atoms with Crippen molar-refractivity contribution in [1.29, 1.82) is 5.26 Å². The van der Waals surface area contributed by atoms with Crippen LogP contribution in [-0.4, -0.2) is 37.1 Å². The fraction of sp³-hybridized carbons (Fsp3) is 0.276. The van der Waals surface area contributed by atoms with Gasteiger partial charge in [-0.05, 0) is 56.3 Å². The zero-order valence-corrected chi connectivity index (χ0v) is 22.9. The van der Waals surface area contributed by atoms with Gasteiger partial charge in [-0.15, -0.1) is 0 Å². The Bertz CT molecular complexity index is 1650. The SMILES string of the molecule is CC(C)(N)/C=C(\C#N)C(=O)NCC(C)(C)Cn1c(=O)n(-c2ccc(Oc3ccccc3)cc2)c2c(N)ncnc21. The van der Waals surface area contributed by atoms with Crippen LogP contribution in [0.3, 0.4) is 0 Å². The minimum absolute atomic E-state index is 0.0720. The van der Waals surface area contributed by atoms with Gasteiger partial charge in [-0.25, -0.2) is 14.8 Å². The molecule has 0 saturated carbocycles. The lowest BCUT2D eigenvalue weighted by molar-refractivity contribution is -0.117. The molecule has 0 unspecified atom stereocenters. The summed E-state index contributed by atoms with van der Waals surface area (Å²) in [6.45, 7) is 7.57. The second-order valence-corrected chi connectivity index (χ2v) is 10.9. The van der Waals surface area contributed by atoms with Crippen molar-refractivity contribution in [2.45, 2.75) is 39.8 Å². The van der Waals surface area contributed by atoms with Crippen molar-refractivity contribution >= 4 is 22.9 Å². The van der Waals surface area contributed by atoms with Crippen molar-refractivity contribution in [3.63, 3.8) is 0 Å². The molecule has 4 aromatic rings. The van der Waals surface area contributed by atoms with E-state index in [4.69, 9.17) is 16.2 Å². The first kappa shape index (κ1) is 28.1. The summed E-state index contributed by atoms with van der Waals surface area (Å²) < 4.78 is 8.85. The number of nitrogens with zero attached hydrogens (tertiary/aromatic N) is 5. The average Bonchev–Trinajstić information content (AvgIpc) is 3.18. The third-order valence-electron chi connectivity index (χ3n) is 6.00. The first-order chi connectivity index (χ1) is 18.9. The van der Waals surface area contributed by atoms with Crippen LogP contribution in [0.5, 0.6) is 11.5 Å². The summed E-state index contributed by atoms with van der Waals surface area (Å²) in [5.41, 5.74) is 11.6. The van der Waals surface area contributed by atoms with E-state index in [1.165, 1.54) is 21.5 Å². The van der Waals surface area contributed by atoms with Gasteiger partial charge >= 0.3 is 5.69 Å². The van der Waals surface area contributed by atoms with Gasteiger partial charge in [0.15, 0.2) is 11.5 Å². The number of carbonyl (C=O) groups excluding carboxylic acids is 1. The number of imidazole rings is 1. The Morgan fingerprint density at radius 3 is 2.35 bits per heavy atom. The quantitative estimate of drug-likeness (QED) is 0.215. The summed E-state index contributed by atoms with van der Waals surface area (Å²) in [7, 11) is 0. The van der Waals surface area contributed by atoms with E-state index in [2.05, 4.69) is 15.3 Å². The van der Waals surface area contributed by atoms with Crippen LogP contribution in [0.15, 0.2) is 77.4 Å². The molecule has 206 valence electrons. The molecular formula is C29H32N8O3. The highest BCUT2D eigenvalue weighted by Crippen LogP contribution is 2.26. The molecule has 0 aliphatic rings. The number of anilines is 1. The molecule has 0 aliphatic carbocycles. The second-order valence-electron chi connectivity index (χ2n) is 10.9. The van der Waals surface area contributed by atoms with Crippen LogP contribution in [0.4, 0.5) is 5.82 Å². The number of nitriles is 1. The Kier molecular flexibility index (Phi) is 7.74. The molecule has 0 atom stereocenters. The number of amides is 1. The topological polar surface area (TPSA) is 167 Å². The predicted octanol–water partition coefficient (Wildman–Crippen LogP) is 3.29. The van der Waals surface area contributed by atoms with Gasteiger partial charge in [-0.1, -0.05) is 32.0 Å². The number of benzene rings is 2. The number of nitrogens with one attached hydrogen (secondary N) is 1. The molecule has 2 aromatic heterocycles. The molecule has 1 amide bonds. The molecule has 2 aromatic carbocycles. The van der Waals surface area contributed by atoms with Gasteiger partial charge in [0.1, 0.15) is 35.0 Å². The Labute approximate surface area is 231 Å². The fourth-order valence-corrected chi connectivity index (χ4v) is 4.19. The predicted molar refractivity (Wildman–Crippen MR) is 153 cm³/mol. The zero-order chi connectivity index (χ0) is 29.1. The number of aromatic nitrogens is 4. The molecule has 11 heteroatoms. The summed E-state index contributed by atoms with van der Waals surface area (Å²) in [4.78, 5) is 34.8. The summed E-state index contributed by atoms with van der Waals surface area (Å²) in [6, 6.07) is 18.3. The van der Waals surface area contributed by atoms with E-state index >= 15 is 0 Å². The maximum absolute atomic E-state index is 13.8. The Morgan fingerprint density at radius 1 is 1.07 bits per heavy atom. The molecule has 0 fully saturated rings. The van der Waals surface area contributed by atoms with Crippen molar-refractivity contribution in [2.24, 2.45) is 11.1 Å². The minimum atomic E-state index is -0.821. The van der Waals surface area contributed by atoms with Gasteiger partial charge in [-0.2, -0.15) is 5.26 Å². The normalized spacial score (nSPS) is 12.2. The van der Waals surface area contributed by atoms with Crippen molar-refractivity contribution in [3.8, 4) is 23.3 Å². The number of hydrogen-bond acceptors (Lipinski definition) is 8. The van der Waals surface area contributed by atoms with E-state index in [1.807, 2.05) is 50.2 Å². The molecule has 0 aliphatic heterocycles. The molecule has 11 nitrogen and oxygen atoms in total. The molecule has 40 heavy (non-hydrogen) atoms. The number of fused-ring (bicyclic) bond motifs is 1. The third-order valence-corrected chi connectivity index (χ3v) is 6.00. The number of nitrogen functional groups attached to an aromatic ring is 1. The highest BCUT2D eigenvalue weighted by molar-refractivity contribution is 5.97. The number of para-hydroxylation sites is 1. The van der Waals surface area contributed by atoms with E-state index in [0.717, 1.165) is 0 Å². The lowest BCUT2D eigenvalue weighted by Gasteiger charge is -2.25. The van der Waals surface area contributed by atoms with Crippen LogP contribution in [-0.2, 0) is 11.3 Å². The number of nitrogens with two attached hydrogens (primary N) is 2. The minimum Gasteiger partial charge on any atom is -0.457 e. The lowest BCUT2D eigenvalue weighted by Crippen LogP contribution is -2.40. The first-order valence-corrected chi connectivity index (χ1v) is 12.6. The highest BCUT2D eigenvalue weighted by atomic mass is 16.5. The zero-order valence-electron chi connectivity index (χ0n) is 22.9. The van der Waals surface area contributed by atoms with Crippen LogP contribution in [0.25, 0.3) is 16.9 Å². The van der Waals surface area contributed by atoms with E-state index in [9.17, 15) is 14.9 Å². The van der Waals surface area contributed by atoms with E-state index in [-0.39, 0.29) is 30.2 Å². The molecule has 2 heterocycles. The fourth-order valence-electron chi connectivity index (χ4n) is 4.19. The number of carbonyl (C=O) groups is 1. The largest absolute Gasteiger partial charge is 0.457 e. The van der Waals surface area contributed by atoms with Crippen LogP contribution in [0.1, 0.15) is 27.7 Å². The second kappa shape index (κ2) is 11.0. The van der Waals surface area contributed by atoms with Gasteiger partial charge in [0.05, 0.1) is 5.69 Å². The van der Waals surface area contributed by atoms with Crippen molar-refractivity contribution in [2.75, 3.05) is 12.3 Å². The van der Waals surface area contributed by atoms with E-state index in [1.54, 1.807) is 38.1 Å². The van der Waals surface area contributed by atoms with E-state index in [0.29, 0.717) is 28.4 Å². The van der Waals surface area contributed by atoms with Crippen LogP contribution in [0.2, 0.25) is 0 Å². The smallest absolute Gasteiger partial charge is 0.335 e. The molecule has 0 saturated heterocycles. The lowest BCUT2D eigenvalue weighted by atomic mass is 9.93. The summed E-state index contributed by atoms with van der Waals surface area (Å²) in [5, 5.41) is 12.2. The summed E-state index contributed by atoms with van der Waals surface area (Å²) >= 11 is 0. The standard InChI is InChI=1S/C29H32N8O3/c1-28(2,16-33-26(38)19(15-30)14-29(3,4)32)17-36-25-23(24(31)34-18-35-25)37(27(36)39)20-10-12-22(13-11-20)40-21-8-6-5-7-9-21/h5-14,18H,16-17,32H2,1-4H3,(H,33,38)(H2,31,34,35)/b19-14+. The number of ether oxygens (including phenoxy) is 1. The maximum atomic E-state index is 13.8. The Hall–Kier alpha value is -4.95. The molecule has 4 rings (SSSR count). The first-order valence-electron chi connectivity index (χ1n) is 12.6. The average molecular weight is 541 g/mol. The van der Waals surface area contributed by atoms with Gasteiger partial charge < -0.3 is 21.5 Å². The number of hydrogen-bond donors (Lipinski definition) is 3. The van der Waals surface area contributed by atoms with Gasteiger partial charge in [0.25, 0.3) is 5.91 Å². The highest BCUT2D eigenvalue weighted by Gasteiger charge is 2.27.